The van der Waals surface area contributed by atoms with Crippen LogP contribution in [0.4, 0.5) is 11.4 Å². The predicted octanol–water partition coefficient (Wildman–Crippen LogP) is 4.06. The Balaban J connectivity index is 1.80. The summed E-state index contributed by atoms with van der Waals surface area (Å²) in [5.41, 5.74) is 4.23. The van der Waals surface area contributed by atoms with Crippen LogP contribution in [0.3, 0.4) is 0 Å². The SMILES string of the molecule is CC1CCCCC1N(C)c1ccc2c(c1)NCCC2. The molecule has 2 aliphatic rings. The highest BCUT2D eigenvalue weighted by Gasteiger charge is 2.25. The van der Waals surface area contributed by atoms with E-state index in [0.717, 1.165) is 18.5 Å². The van der Waals surface area contributed by atoms with Gasteiger partial charge in [0.1, 0.15) is 0 Å². The van der Waals surface area contributed by atoms with Gasteiger partial charge in [0, 0.05) is 31.0 Å². The van der Waals surface area contributed by atoms with E-state index in [1.54, 1.807) is 0 Å². The molecule has 2 atom stereocenters. The molecule has 0 saturated heterocycles. The number of aryl methyl sites for hydroxylation is 1. The molecule has 1 aromatic rings. The van der Waals surface area contributed by atoms with Crippen LogP contribution < -0.4 is 10.2 Å². The predicted molar refractivity (Wildman–Crippen MR) is 83.1 cm³/mol. The normalized spacial score (nSPS) is 26.4. The van der Waals surface area contributed by atoms with Crippen molar-refractivity contribution in [2.75, 3.05) is 23.8 Å². The van der Waals surface area contributed by atoms with E-state index in [0.29, 0.717) is 0 Å². The minimum absolute atomic E-state index is 0.718. The van der Waals surface area contributed by atoms with Gasteiger partial charge in [-0.2, -0.15) is 0 Å². The van der Waals surface area contributed by atoms with Crippen molar-refractivity contribution in [3.05, 3.63) is 23.8 Å². The number of benzene rings is 1. The van der Waals surface area contributed by atoms with Gasteiger partial charge < -0.3 is 10.2 Å². The molecule has 1 aliphatic carbocycles. The van der Waals surface area contributed by atoms with Crippen LogP contribution in [0.25, 0.3) is 0 Å². The fraction of sp³-hybridized carbons (Fsp3) is 0.647. The van der Waals surface area contributed by atoms with E-state index in [1.165, 1.54) is 55.5 Å². The number of hydrogen-bond acceptors (Lipinski definition) is 2. The lowest BCUT2D eigenvalue weighted by Crippen LogP contribution is -2.39. The molecule has 0 spiro atoms. The highest BCUT2D eigenvalue weighted by atomic mass is 15.1. The van der Waals surface area contributed by atoms with Crippen LogP contribution >= 0.6 is 0 Å². The topological polar surface area (TPSA) is 15.3 Å². The summed E-state index contributed by atoms with van der Waals surface area (Å²) in [6, 6.07) is 7.71. The Morgan fingerprint density at radius 2 is 2.00 bits per heavy atom. The molecule has 19 heavy (non-hydrogen) atoms. The second-order valence-electron chi connectivity index (χ2n) is 6.31. The van der Waals surface area contributed by atoms with Gasteiger partial charge in [-0.25, -0.2) is 0 Å². The minimum atomic E-state index is 0.718. The average Bonchev–Trinajstić information content (AvgIpc) is 2.46. The van der Waals surface area contributed by atoms with Crippen molar-refractivity contribution in [1.29, 1.82) is 0 Å². The zero-order valence-corrected chi connectivity index (χ0v) is 12.3. The monoisotopic (exact) mass is 258 g/mol. The maximum atomic E-state index is 3.55. The summed E-state index contributed by atoms with van der Waals surface area (Å²) >= 11 is 0. The Labute approximate surface area is 117 Å². The van der Waals surface area contributed by atoms with Crippen LogP contribution in [-0.2, 0) is 6.42 Å². The van der Waals surface area contributed by atoms with E-state index in [-0.39, 0.29) is 0 Å². The Hall–Kier alpha value is -1.18. The summed E-state index contributed by atoms with van der Waals surface area (Å²) in [6.45, 7) is 3.54. The Morgan fingerprint density at radius 1 is 1.16 bits per heavy atom. The van der Waals surface area contributed by atoms with Crippen molar-refractivity contribution in [2.24, 2.45) is 5.92 Å². The van der Waals surface area contributed by atoms with Gasteiger partial charge in [-0.1, -0.05) is 25.8 Å². The second-order valence-corrected chi connectivity index (χ2v) is 6.31. The number of fused-ring (bicyclic) bond motifs is 1. The molecule has 0 amide bonds. The molecule has 0 bridgehead atoms. The summed E-state index contributed by atoms with van der Waals surface area (Å²) in [7, 11) is 2.27. The molecule has 2 heteroatoms. The first-order valence-electron chi connectivity index (χ1n) is 7.85. The summed E-state index contributed by atoms with van der Waals surface area (Å²) in [5.74, 6) is 0.822. The first-order chi connectivity index (χ1) is 9.25. The Kier molecular flexibility index (Phi) is 3.67. The van der Waals surface area contributed by atoms with Crippen molar-refractivity contribution in [2.45, 2.75) is 51.5 Å². The smallest absolute Gasteiger partial charge is 0.0393 e. The van der Waals surface area contributed by atoms with Gasteiger partial charge in [0.15, 0.2) is 0 Å². The molecule has 2 unspecified atom stereocenters. The van der Waals surface area contributed by atoms with E-state index in [9.17, 15) is 0 Å². The first-order valence-corrected chi connectivity index (χ1v) is 7.85. The third-order valence-electron chi connectivity index (χ3n) is 5.00. The fourth-order valence-corrected chi connectivity index (χ4v) is 3.73. The zero-order valence-electron chi connectivity index (χ0n) is 12.3. The maximum Gasteiger partial charge on any atom is 0.0393 e. The molecule has 1 heterocycles. The molecule has 1 saturated carbocycles. The van der Waals surface area contributed by atoms with Gasteiger partial charge in [0.25, 0.3) is 0 Å². The van der Waals surface area contributed by atoms with Crippen molar-refractivity contribution in [3.8, 4) is 0 Å². The fourth-order valence-electron chi connectivity index (χ4n) is 3.73. The van der Waals surface area contributed by atoms with Gasteiger partial charge >= 0.3 is 0 Å². The van der Waals surface area contributed by atoms with E-state index in [4.69, 9.17) is 0 Å². The Bertz CT molecular complexity index is 441. The maximum absolute atomic E-state index is 3.55. The van der Waals surface area contributed by atoms with E-state index in [2.05, 4.69) is 42.4 Å². The molecule has 1 aromatic carbocycles. The van der Waals surface area contributed by atoms with E-state index >= 15 is 0 Å². The van der Waals surface area contributed by atoms with Crippen molar-refractivity contribution in [1.82, 2.24) is 0 Å². The van der Waals surface area contributed by atoms with Gasteiger partial charge in [-0.05, 0) is 49.3 Å². The second kappa shape index (κ2) is 5.44. The third kappa shape index (κ3) is 2.58. The van der Waals surface area contributed by atoms with Crippen LogP contribution in [0.2, 0.25) is 0 Å². The highest BCUT2D eigenvalue weighted by molar-refractivity contribution is 5.63. The van der Waals surface area contributed by atoms with Crippen LogP contribution in [0.1, 0.15) is 44.6 Å². The Morgan fingerprint density at radius 3 is 2.84 bits per heavy atom. The standard InChI is InChI=1S/C17H26N2/c1-13-6-3-4-8-17(13)19(2)15-10-9-14-7-5-11-18-16(14)12-15/h9-10,12-13,17-18H,3-8,11H2,1-2H3. The molecule has 1 fully saturated rings. The molecule has 0 radical (unpaired) electrons. The summed E-state index contributed by atoms with van der Waals surface area (Å²) in [6.07, 6.45) is 8.04. The van der Waals surface area contributed by atoms with Gasteiger partial charge in [-0.15, -0.1) is 0 Å². The van der Waals surface area contributed by atoms with Gasteiger partial charge in [0.2, 0.25) is 0 Å². The number of hydrogen-bond donors (Lipinski definition) is 1. The van der Waals surface area contributed by atoms with Crippen molar-refractivity contribution >= 4 is 11.4 Å². The summed E-state index contributed by atoms with van der Waals surface area (Å²) < 4.78 is 0. The number of anilines is 2. The summed E-state index contributed by atoms with van der Waals surface area (Å²) in [4.78, 5) is 2.51. The lowest BCUT2D eigenvalue weighted by molar-refractivity contribution is 0.321. The molecule has 2 nitrogen and oxygen atoms in total. The quantitative estimate of drug-likeness (QED) is 0.860. The third-order valence-corrected chi connectivity index (χ3v) is 5.00. The summed E-state index contributed by atoms with van der Waals surface area (Å²) in [5, 5.41) is 3.55. The van der Waals surface area contributed by atoms with Crippen LogP contribution in [0, 0.1) is 5.92 Å². The average molecular weight is 258 g/mol. The molecule has 1 N–H and O–H groups in total. The van der Waals surface area contributed by atoms with Crippen molar-refractivity contribution in [3.63, 3.8) is 0 Å². The zero-order chi connectivity index (χ0) is 13.2. The van der Waals surface area contributed by atoms with E-state index in [1.807, 2.05) is 0 Å². The van der Waals surface area contributed by atoms with Gasteiger partial charge in [-0.3, -0.25) is 0 Å². The molecular formula is C17H26N2. The minimum Gasteiger partial charge on any atom is -0.385 e. The largest absolute Gasteiger partial charge is 0.385 e. The van der Waals surface area contributed by atoms with Crippen LogP contribution in [0.5, 0.6) is 0 Å². The number of nitrogens with one attached hydrogen (secondary N) is 1. The number of nitrogens with zero attached hydrogens (tertiary/aromatic N) is 1. The van der Waals surface area contributed by atoms with Crippen molar-refractivity contribution < 1.29 is 0 Å². The lowest BCUT2D eigenvalue weighted by atomic mass is 9.85. The van der Waals surface area contributed by atoms with Crippen LogP contribution in [0.15, 0.2) is 18.2 Å². The molecule has 1 aliphatic heterocycles. The number of rotatable bonds is 2. The molecule has 0 aromatic heterocycles. The molecule has 3 rings (SSSR count). The lowest BCUT2D eigenvalue weighted by Gasteiger charge is -2.38. The molecule has 104 valence electrons. The van der Waals surface area contributed by atoms with Gasteiger partial charge in [0.05, 0.1) is 0 Å². The van der Waals surface area contributed by atoms with Crippen LogP contribution in [-0.4, -0.2) is 19.6 Å². The molecular weight excluding hydrogens is 232 g/mol. The first kappa shape index (κ1) is 12.8. The van der Waals surface area contributed by atoms with E-state index < -0.39 is 0 Å². The highest BCUT2D eigenvalue weighted by Crippen LogP contribution is 2.33.